The van der Waals surface area contributed by atoms with Crippen molar-refractivity contribution in [2.75, 3.05) is 19.7 Å². The largest absolute Gasteiger partial charge is 0.478 e. The number of carboxylic acids is 1. The average Bonchev–Trinajstić information content (AvgIpc) is 3.49. The van der Waals surface area contributed by atoms with Crippen LogP contribution in [0.2, 0.25) is 0 Å². The van der Waals surface area contributed by atoms with E-state index < -0.39 is 11.8 Å². The van der Waals surface area contributed by atoms with E-state index in [1.807, 2.05) is 28.8 Å². The van der Waals surface area contributed by atoms with Crippen LogP contribution in [0.15, 0.2) is 54.9 Å². The quantitative estimate of drug-likeness (QED) is 0.329. The van der Waals surface area contributed by atoms with Gasteiger partial charge in [-0.3, -0.25) is 4.90 Å². The Hall–Kier alpha value is -4.20. The van der Waals surface area contributed by atoms with Crippen LogP contribution in [0.3, 0.4) is 0 Å². The molecule has 0 amide bonds. The Morgan fingerprint density at radius 3 is 2.70 bits per heavy atom. The maximum atomic E-state index is 14.2. The molecule has 5 heterocycles. The molecule has 0 spiro atoms. The summed E-state index contributed by atoms with van der Waals surface area (Å²) in [6.45, 7) is 4.13. The molecule has 1 unspecified atom stereocenters. The third kappa shape index (κ3) is 5.43. The number of piperidine rings is 1. The summed E-state index contributed by atoms with van der Waals surface area (Å²) in [7, 11) is 0. The van der Waals surface area contributed by atoms with Crippen molar-refractivity contribution in [3.05, 3.63) is 88.8 Å². The Balaban J connectivity index is 1.08. The first-order chi connectivity index (χ1) is 19.5. The van der Waals surface area contributed by atoms with Crippen molar-refractivity contribution in [2.24, 2.45) is 0 Å². The summed E-state index contributed by atoms with van der Waals surface area (Å²) in [4.78, 5) is 18.6. The fraction of sp³-hybridized carbons (Fsp3) is 0.367. The van der Waals surface area contributed by atoms with Gasteiger partial charge in [0.25, 0.3) is 0 Å². The minimum atomic E-state index is -0.928. The number of nitrogens with zero attached hydrogens (tertiary/aromatic N) is 5. The van der Waals surface area contributed by atoms with Gasteiger partial charge in [0.05, 0.1) is 35.5 Å². The molecule has 2 aliphatic rings. The van der Waals surface area contributed by atoms with Gasteiger partial charge in [0.2, 0.25) is 5.88 Å². The lowest BCUT2D eigenvalue weighted by Gasteiger charge is -2.32. The number of aromatic nitrogens is 3. The van der Waals surface area contributed by atoms with Crippen molar-refractivity contribution in [3.63, 3.8) is 0 Å². The van der Waals surface area contributed by atoms with Crippen LogP contribution < -0.4 is 4.74 Å². The monoisotopic (exact) mass is 543 g/mol. The van der Waals surface area contributed by atoms with Crippen molar-refractivity contribution in [2.45, 2.75) is 51.0 Å². The molecule has 6 rings (SSSR count). The molecule has 1 N–H and O–H groups in total. The third-order valence-corrected chi connectivity index (χ3v) is 7.86. The average molecular weight is 544 g/mol. The van der Waals surface area contributed by atoms with E-state index >= 15 is 0 Å². The number of likely N-dealkylation sites (tertiary alicyclic amines) is 1. The van der Waals surface area contributed by atoms with E-state index in [1.165, 1.54) is 6.07 Å². The highest BCUT2D eigenvalue weighted by Crippen LogP contribution is 2.30. The van der Waals surface area contributed by atoms with Crippen LogP contribution in [-0.2, 0) is 24.4 Å². The predicted molar refractivity (Wildman–Crippen MR) is 144 cm³/mol. The molecule has 0 saturated carbocycles. The second-order valence-electron chi connectivity index (χ2n) is 10.5. The summed E-state index contributed by atoms with van der Waals surface area (Å²) in [5.41, 5.74) is 3.93. The van der Waals surface area contributed by atoms with Crippen molar-refractivity contribution in [1.29, 1.82) is 5.26 Å². The fourth-order valence-electron chi connectivity index (χ4n) is 5.49. The summed E-state index contributed by atoms with van der Waals surface area (Å²) in [5, 5.41) is 18.3. The van der Waals surface area contributed by atoms with Crippen LogP contribution in [0.5, 0.6) is 5.88 Å². The maximum Gasteiger partial charge on any atom is 0.337 e. The number of pyridine rings is 1. The van der Waals surface area contributed by atoms with Gasteiger partial charge >= 0.3 is 5.97 Å². The molecule has 0 bridgehead atoms. The van der Waals surface area contributed by atoms with E-state index in [1.54, 1.807) is 30.5 Å². The number of benzene rings is 1. The molecule has 40 heavy (non-hydrogen) atoms. The zero-order chi connectivity index (χ0) is 27.6. The summed E-state index contributed by atoms with van der Waals surface area (Å²) in [5.74, 6) is -0.635. The van der Waals surface area contributed by atoms with E-state index in [-0.39, 0.29) is 23.8 Å². The highest BCUT2D eigenvalue weighted by atomic mass is 19.1. The van der Waals surface area contributed by atoms with Gasteiger partial charge in [-0.2, -0.15) is 5.26 Å². The van der Waals surface area contributed by atoms with E-state index in [2.05, 4.69) is 9.47 Å². The smallest absolute Gasteiger partial charge is 0.337 e. The molecular formula is C30H30FN5O4. The van der Waals surface area contributed by atoms with Crippen molar-refractivity contribution >= 4 is 11.6 Å². The third-order valence-electron chi connectivity index (χ3n) is 7.86. The molecule has 1 aromatic carbocycles. The Morgan fingerprint density at radius 2 is 2.00 bits per heavy atom. The minimum Gasteiger partial charge on any atom is -0.478 e. The van der Waals surface area contributed by atoms with Crippen LogP contribution in [-0.4, -0.2) is 55.7 Å². The fourth-order valence-corrected chi connectivity index (χ4v) is 5.49. The molecule has 1 atom stereocenters. The van der Waals surface area contributed by atoms with E-state index in [4.69, 9.17) is 19.7 Å². The standard InChI is InChI=1S/C30H30FN5O4/c31-26-12-20(14-32)4-5-22(26)19-40-28-3-1-2-27(33-28)21-6-9-34(10-7-21)16-24-17-35-15-23(30(37)38)13-29(35)36(24)18-25-8-11-39-25/h1-5,12-13,15,17,21,25H,6-11,16,18-19H2,(H,37,38). The van der Waals surface area contributed by atoms with E-state index in [0.717, 1.165) is 62.5 Å². The molecule has 206 valence electrons. The zero-order valence-corrected chi connectivity index (χ0v) is 22.0. The molecule has 2 fully saturated rings. The highest BCUT2D eigenvalue weighted by Gasteiger charge is 2.26. The topological polar surface area (TPSA) is 105 Å². The van der Waals surface area contributed by atoms with E-state index in [0.29, 0.717) is 23.9 Å². The molecule has 2 saturated heterocycles. The highest BCUT2D eigenvalue weighted by molar-refractivity contribution is 5.89. The van der Waals surface area contributed by atoms with Crippen LogP contribution in [0.1, 0.15) is 58.1 Å². The minimum absolute atomic E-state index is 0.0422. The number of aromatic carboxylic acids is 1. The molecule has 9 nitrogen and oxygen atoms in total. The number of halogens is 1. The van der Waals surface area contributed by atoms with E-state index in [9.17, 15) is 14.3 Å². The molecule has 10 heteroatoms. The number of rotatable bonds is 9. The SMILES string of the molecule is N#Cc1ccc(COc2cccc(C3CCN(Cc4cn5cc(C(=O)O)cc5n4CC4CCO4)CC3)n2)c(F)c1. The number of fused-ring (bicyclic) bond motifs is 1. The summed E-state index contributed by atoms with van der Waals surface area (Å²) < 4.78 is 29.8. The van der Waals surface area contributed by atoms with Gasteiger partial charge in [0.1, 0.15) is 18.1 Å². The number of nitriles is 1. The molecule has 2 aliphatic heterocycles. The Labute approximate surface area is 231 Å². The summed E-state index contributed by atoms with van der Waals surface area (Å²) in [6, 6.07) is 13.7. The lowest BCUT2D eigenvalue weighted by atomic mass is 9.93. The van der Waals surface area contributed by atoms with Gasteiger partial charge < -0.3 is 23.5 Å². The van der Waals surface area contributed by atoms with Gasteiger partial charge in [-0.1, -0.05) is 12.1 Å². The number of carboxylic acid groups (broad SMARTS) is 1. The van der Waals surface area contributed by atoms with Gasteiger partial charge in [-0.15, -0.1) is 0 Å². The lowest BCUT2D eigenvalue weighted by molar-refractivity contribution is -0.0591. The first-order valence-corrected chi connectivity index (χ1v) is 13.5. The number of hydrogen-bond acceptors (Lipinski definition) is 6. The van der Waals surface area contributed by atoms with Gasteiger partial charge in [-0.05, 0) is 56.6 Å². The Kier molecular flexibility index (Phi) is 7.24. The first kappa shape index (κ1) is 26.0. The number of hydrogen-bond donors (Lipinski definition) is 1. The normalized spacial score (nSPS) is 17.9. The molecular weight excluding hydrogens is 513 g/mol. The predicted octanol–water partition coefficient (Wildman–Crippen LogP) is 4.59. The van der Waals surface area contributed by atoms with Crippen molar-refractivity contribution < 1.29 is 23.8 Å². The van der Waals surface area contributed by atoms with Gasteiger partial charge in [0.15, 0.2) is 0 Å². The zero-order valence-electron chi connectivity index (χ0n) is 22.0. The number of carbonyl (C=O) groups is 1. The first-order valence-electron chi connectivity index (χ1n) is 13.5. The molecule has 4 aromatic rings. The number of imidazole rings is 1. The number of ether oxygens (including phenoxy) is 2. The maximum absolute atomic E-state index is 14.2. The van der Waals surface area contributed by atoms with Crippen LogP contribution in [0.4, 0.5) is 4.39 Å². The van der Waals surface area contributed by atoms with Gasteiger partial charge in [-0.25, -0.2) is 14.2 Å². The molecule has 3 aromatic heterocycles. The Morgan fingerprint density at radius 1 is 1.18 bits per heavy atom. The second kappa shape index (κ2) is 11.1. The van der Waals surface area contributed by atoms with Gasteiger partial charge in [0, 0.05) is 48.8 Å². The molecule has 0 aliphatic carbocycles. The van der Waals surface area contributed by atoms with Crippen LogP contribution in [0, 0.1) is 17.1 Å². The van der Waals surface area contributed by atoms with Crippen LogP contribution >= 0.6 is 0 Å². The molecule has 0 radical (unpaired) electrons. The second-order valence-corrected chi connectivity index (χ2v) is 10.5. The van der Waals surface area contributed by atoms with Crippen molar-refractivity contribution in [3.8, 4) is 11.9 Å². The summed E-state index contributed by atoms with van der Waals surface area (Å²) in [6.07, 6.45) is 6.79. The lowest BCUT2D eigenvalue weighted by Crippen LogP contribution is -2.35. The Bertz CT molecular complexity index is 1580. The van der Waals surface area contributed by atoms with Crippen LogP contribution in [0.25, 0.3) is 5.65 Å². The van der Waals surface area contributed by atoms with Crippen molar-refractivity contribution in [1.82, 2.24) is 18.9 Å². The summed E-state index contributed by atoms with van der Waals surface area (Å²) >= 11 is 0.